The molecule has 22 heavy (non-hydrogen) atoms. The number of esters is 1. The van der Waals surface area contributed by atoms with Gasteiger partial charge in [-0.3, -0.25) is 14.5 Å². The summed E-state index contributed by atoms with van der Waals surface area (Å²) in [5.74, 6) is -0.739. The Labute approximate surface area is 129 Å². The van der Waals surface area contributed by atoms with Crippen LogP contribution in [0.2, 0.25) is 0 Å². The number of likely N-dealkylation sites (N-methyl/N-ethyl adjacent to an activating group) is 2. The molecule has 0 bridgehead atoms. The zero-order valence-electron chi connectivity index (χ0n) is 13.3. The molecule has 1 aromatic carbocycles. The van der Waals surface area contributed by atoms with Gasteiger partial charge in [0.2, 0.25) is 11.8 Å². The van der Waals surface area contributed by atoms with Crippen LogP contribution in [0.5, 0.6) is 0 Å². The molecular weight excluding hydrogens is 286 g/mol. The Hall–Kier alpha value is -2.41. The molecule has 0 heterocycles. The molecule has 1 rings (SSSR count). The highest BCUT2D eigenvalue weighted by Crippen LogP contribution is 2.10. The first-order valence-corrected chi connectivity index (χ1v) is 6.70. The van der Waals surface area contributed by atoms with Gasteiger partial charge in [0.05, 0.1) is 25.8 Å². The summed E-state index contributed by atoms with van der Waals surface area (Å²) in [6.07, 6.45) is 0. The fourth-order valence-corrected chi connectivity index (χ4v) is 1.68. The van der Waals surface area contributed by atoms with E-state index >= 15 is 0 Å². The highest BCUT2D eigenvalue weighted by Gasteiger charge is 2.12. The predicted octanol–water partition coefficient (Wildman–Crippen LogP) is 0.432. The lowest BCUT2D eigenvalue weighted by Crippen LogP contribution is -2.38. The van der Waals surface area contributed by atoms with E-state index in [0.29, 0.717) is 11.3 Å². The van der Waals surface area contributed by atoms with Gasteiger partial charge >= 0.3 is 5.97 Å². The summed E-state index contributed by atoms with van der Waals surface area (Å²) in [5.41, 5.74) is 0.985. The number of ether oxygens (including phenoxy) is 1. The van der Waals surface area contributed by atoms with E-state index in [-0.39, 0.29) is 24.9 Å². The molecule has 0 aliphatic heterocycles. The molecule has 0 aliphatic rings. The molecule has 7 heteroatoms. The first kappa shape index (κ1) is 17.6. The van der Waals surface area contributed by atoms with Crippen LogP contribution in [0.15, 0.2) is 24.3 Å². The van der Waals surface area contributed by atoms with Crippen molar-refractivity contribution in [3.05, 3.63) is 29.8 Å². The van der Waals surface area contributed by atoms with Crippen LogP contribution < -0.4 is 5.32 Å². The molecule has 0 fully saturated rings. The van der Waals surface area contributed by atoms with E-state index in [1.807, 2.05) is 0 Å². The summed E-state index contributed by atoms with van der Waals surface area (Å²) in [7, 11) is 6.34. The lowest BCUT2D eigenvalue weighted by atomic mass is 10.2. The molecule has 0 spiro atoms. The van der Waals surface area contributed by atoms with Gasteiger partial charge in [0.15, 0.2) is 0 Å². The van der Waals surface area contributed by atoms with Gasteiger partial charge in [-0.1, -0.05) is 0 Å². The van der Waals surface area contributed by atoms with Gasteiger partial charge in [0.25, 0.3) is 0 Å². The van der Waals surface area contributed by atoms with Crippen LogP contribution in [0.4, 0.5) is 5.69 Å². The van der Waals surface area contributed by atoms with E-state index < -0.39 is 5.97 Å². The number of amides is 2. The molecule has 0 atom stereocenters. The second-order valence-electron chi connectivity index (χ2n) is 5.08. The summed E-state index contributed by atoms with van der Waals surface area (Å²) in [5, 5.41) is 2.70. The topological polar surface area (TPSA) is 79.0 Å². The minimum atomic E-state index is -0.431. The number of carbonyl (C=O) groups excluding carboxylic acids is 3. The molecule has 0 saturated heterocycles. The number of rotatable bonds is 6. The maximum absolute atomic E-state index is 11.9. The van der Waals surface area contributed by atoms with Gasteiger partial charge in [-0.05, 0) is 31.3 Å². The Morgan fingerprint density at radius 1 is 1.05 bits per heavy atom. The van der Waals surface area contributed by atoms with Gasteiger partial charge in [-0.25, -0.2) is 4.79 Å². The van der Waals surface area contributed by atoms with E-state index in [1.165, 1.54) is 12.0 Å². The molecule has 0 saturated carbocycles. The summed E-state index contributed by atoms with van der Waals surface area (Å²) in [4.78, 5) is 37.8. The number of benzene rings is 1. The van der Waals surface area contributed by atoms with Crippen molar-refractivity contribution in [1.29, 1.82) is 0 Å². The van der Waals surface area contributed by atoms with Crippen molar-refractivity contribution in [2.75, 3.05) is 46.7 Å². The number of nitrogens with one attached hydrogen (secondary N) is 1. The smallest absolute Gasteiger partial charge is 0.337 e. The van der Waals surface area contributed by atoms with Gasteiger partial charge in [0, 0.05) is 19.8 Å². The van der Waals surface area contributed by atoms with Crippen molar-refractivity contribution >= 4 is 23.5 Å². The van der Waals surface area contributed by atoms with Gasteiger partial charge in [-0.15, -0.1) is 0 Å². The van der Waals surface area contributed by atoms with Crippen molar-refractivity contribution in [2.45, 2.75) is 0 Å². The quantitative estimate of drug-likeness (QED) is 0.771. The predicted molar refractivity (Wildman–Crippen MR) is 82.6 cm³/mol. The average Bonchev–Trinajstić information content (AvgIpc) is 2.46. The number of nitrogens with zero attached hydrogens (tertiary/aromatic N) is 2. The van der Waals surface area contributed by atoms with E-state index in [1.54, 1.807) is 50.3 Å². The summed E-state index contributed by atoms with van der Waals surface area (Å²) in [6.45, 7) is 0.264. The second kappa shape index (κ2) is 8.14. The number of carbonyl (C=O) groups is 3. The van der Waals surface area contributed by atoms with Gasteiger partial charge in [-0.2, -0.15) is 0 Å². The Bertz CT molecular complexity index is 540. The molecule has 0 aromatic heterocycles. The number of hydrogen-bond acceptors (Lipinski definition) is 5. The molecule has 1 N–H and O–H groups in total. The number of hydrogen-bond donors (Lipinski definition) is 1. The molecule has 7 nitrogen and oxygen atoms in total. The zero-order chi connectivity index (χ0) is 16.7. The standard InChI is InChI=1S/C15H21N3O4/c1-17(2)14(20)10-18(3)9-13(19)16-12-7-5-11(6-8-12)15(21)22-4/h5-8H,9-10H2,1-4H3,(H,16,19). The average molecular weight is 307 g/mol. The third kappa shape index (κ3) is 5.53. The fourth-order valence-electron chi connectivity index (χ4n) is 1.68. The molecule has 120 valence electrons. The van der Waals surface area contributed by atoms with Crippen molar-refractivity contribution in [3.63, 3.8) is 0 Å². The molecule has 0 unspecified atom stereocenters. The molecule has 0 radical (unpaired) electrons. The lowest BCUT2D eigenvalue weighted by molar-refractivity contribution is -0.130. The number of methoxy groups -OCH3 is 1. The van der Waals surface area contributed by atoms with Crippen LogP contribution in [-0.2, 0) is 14.3 Å². The van der Waals surface area contributed by atoms with Crippen LogP contribution in [0.3, 0.4) is 0 Å². The second-order valence-corrected chi connectivity index (χ2v) is 5.08. The normalized spacial score (nSPS) is 10.2. The van der Waals surface area contributed by atoms with Crippen molar-refractivity contribution in [2.24, 2.45) is 0 Å². The zero-order valence-corrected chi connectivity index (χ0v) is 13.3. The Balaban J connectivity index is 2.51. The van der Waals surface area contributed by atoms with Gasteiger partial charge in [0.1, 0.15) is 0 Å². The van der Waals surface area contributed by atoms with Crippen molar-refractivity contribution in [1.82, 2.24) is 9.80 Å². The summed E-state index contributed by atoms with van der Waals surface area (Å²) >= 11 is 0. The van der Waals surface area contributed by atoms with Crippen LogP contribution in [0.25, 0.3) is 0 Å². The first-order chi connectivity index (χ1) is 10.3. The van der Waals surface area contributed by atoms with Gasteiger partial charge < -0.3 is 15.0 Å². The minimum absolute atomic E-state index is 0.0715. The van der Waals surface area contributed by atoms with Crippen LogP contribution in [-0.4, -0.2) is 68.9 Å². The van der Waals surface area contributed by atoms with Crippen LogP contribution >= 0.6 is 0 Å². The maximum atomic E-state index is 11.9. The van der Waals surface area contributed by atoms with Crippen LogP contribution in [0, 0.1) is 0 Å². The molecule has 0 aliphatic carbocycles. The largest absolute Gasteiger partial charge is 0.465 e. The van der Waals surface area contributed by atoms with E-state index in [4.69, 9.17) is 0 Å². The Morgan fingerprint density at radius 2 is 1.64 bits per heavy atom. The maximum Gasteiger partial charge on any atom is 0.337 e. The molecule has 2 amide bonds. The van der Waals surface area contributed by atoms with Crippen molar-refractivity contribution in [3.8, 4) is 0 Å². The third-order valence-corrected chi connectivity index (χ3v) is 2.91. The molecular formula is C15H21N3O4. The highest BCUT2D eigenvalue weighted by molar-refractivity contribution is 5.94. The fraction of sp³-hybridized carbons (Fsp3) is 0.400. The SMILES string of the molecule is COC(=O)c1ccc(NC(=O)CN(C)CC(=O)N(C)C)cc1. The summed E-state index contributed by atoms with van der Waals surface area (Å²) < 4.78 is 4.60. The van der Waals surface area contributed by atoms with Crippen molar-refractivity contribution < 1.29 is 19.1 Å². The Morgan fingerprint density at radius 3 is 2.14 bits per heavy atom. The molecule has 1 aromatic rings. The van der Waals surface area contributed by atoms with Crippen LogP contribution in [0.1, 0.15) is 10.4 Å². The van der Waals surface area contributed by atoms with E-state index in [0.717, 1.165) is 0 Å². The summed E-state index contributed by atoms with van der Waals surface area (Å²) in [6, 6.07) is 6.38. The third-order valence-electron chi connectivity index (χ3n) is 2.91. The number of anilines is 1. The Kier molecular flexibility index (Phi) is 6.52. The highest BCUT2D eigenvalue weighted by atomic mass is 16.5. The first-order valence-electron chi connectivity index (χ1n) is 6.70. The monoisotopic (exact) mass is 307 g/mol. The minimum Gasteiger partial charge on any atom is -0.465 e. The van der Waals surface area contributed by atoms with E-state index in [9.17, 15) is 14.4 Å². The van der Waals surface area contributed by atoms with E-state index in [2.05, 4.69) is 10.1 Å². The lowest BCUT2D eigenvalue weighted by Gasteiger charge is -2.18.